The van der Waals surface area contributed by atoms with E-state index in [0.717, 1.165) is 18.2 Å². The minimum Gasteiger partial charge on any atom is -0.508 e. The molecular formula is C13H8F2O3. The number of carboxylic acid groups (broad SMARTS) is 1. The Balaban J connectivity index is 2.60. The van der Waals surface area contributed by atoms with E-state index < -0.39 is 17.6 Å². The van der Waals surface area contributed by atoms with Crippen LogP contribution in [-0.2, 0) is 0 Å². The SMILES string of the molecule is O=C(O)c1cc(F)cc(-c2ccc(O)cc2F)c1. The quantitative estimate of drug-likeness (QED) is 0.861. The molecule has 0 atom stereocenters. The molecule has 92 valence electrons. The monoisotopic (exact) mass is 250 g/mol. The molecule has 0 heterocycles. The van der Waals surface area contributed by atoms with Crippen LogP contribution in [0.15, 0.2) is 36.4 Å². The van der Waals surface area contributed by atoms with Gasteiger partial charge >= 0.3 is 5.97 Å². The van der Waals surface area contributed by atoms with Crippen molar-refractivity contribution < 1.29 is 23.8 Å². The van der Waals surface area contributed by atoms with Crippen molar-refractivity contribution >= 4 is 5.97 Å². The Labute approximate surface area is 101 Å². The Morgan fingerprint density at radius 3 is 2.39 bits per heavy atom. The molecule has 0 fully saturated rings. The number of benzene rings is 2. The van der Waals surface area contributed by atoms with Gasteiger partial charge in [-0.05, 0) is 35.9 Å². The van der Waals surface area contributed by atoms with E-state index in [1.54, 1.807) is 0 Å². The lowest BCUT2D eigenvalue weighted by atomic mass is 10.0. The van der Waals surface area contributed by atoms with Crippen molar-refractivity contribution in [1.82, 2.24) is 0 Å². The van der Waals surface area contributed by atoms with Crippen molar-refractivity contribution in [1.29, 1.82) is 0 Å². The zero-order valence-electron chi connectivity index (χ0n) is 9.02. The smallest absolute Gasteiger partial charge is 0.335 e. The van der Waals surface area contributed by atoms with E-state index in [9.17, 15) is 13.6 Å². The molecule has 0 spiro atoms. The number of aromatic carboxylic acids is 1. The van der Waals surface area contributed by atoms with E-state index in [1.165, 1.54) is 18.2 Å². The summed E-state index contributed by atoms with van der Waals surface area (Å²) in [6.45, 7) is 0. The second-order valence-corrected chi connectivity index (χ2v) is 3.70. The zero-order chi connectivity index (χ0) is 13.3. The average molecular weight is 250 g/mol. The van der Waals surface area contributed by atoms with E-state index in [0.29, 0.717) is 0 Å². The molecule has 2 aromatic carbocycles. The maximum Gasteiger partial charge on any atom is 0.335 e. The molecule has 0 unspecified atom stereocenters. The Morgan fingerprint density at radius 1 is 1.06 bits per heavy atom. The largest absolute Gasteiger partial charge is 0.508 e. The van der Waals surface area contributed by atoms with Gasteiger partial charge in [0.15, 0.2) is 0 Å². The van der Waals surface area contributed by atoms with Crippen molar-refractivity contribution in [2.45, 2.75) is 0 Å². The van der Waals surface area contributed by atoms with Gasteiger partial charge in [0.25, 0.3) is 0 Å². The summed E-state index contributed by atoms with van der Waals surface area (Å²) in [5.41, 5.74) is -0.142. The Bertz CT molecular complexity index is 624. The number of carboxylic acids is 1. The van der Waals surface area contributed by atoms with Gasteiger partial charge < -0.3 is 10.2 Å². The third-order valence-corrected chi connectivity index (χ3v) is 2.41. The van der Waals surface area contributed by atoms with Crippen LogP contribution in [0.25, 0.3) is 11.1 Å². The van der Waals surface area contributed by atoms with Gasteiger partial charge in [0.1, 0.15) is 17.4 Å². The topological polar surface area (TPSA) is 57.5 Å². The molecule has 5 heteroatoms. The predicted octanol–water partition coefficient (Wildman–Crippen LogP) is 3.04. The summed E-state index contributed by atoms with van der Waals surface area (Å²) in [6, 6.07) is 6.42. The molecule has 0 aliphatic carbocycles. The van der Waals surface area contributed by atoms with Crippen molar-refractivity contribution in [2.75, 3.05) is 0 Å². The summed E-state index contributed by atoms with van der Waals surface area (Å²) in [5.74, 6) is -3.07. The second-order valence-electron chi connectivity index (χ2n) is 3.70. The van der Waals surface area contributed by atoms with Gasteiger partial charge in [0, 0.05) is 11.6 Å². The number of phenolic OH excluding ortho intramolecular Hbond substituents is 1. The van der Waals surface area contributed by atoms with Crippen molar-refractivity contribution in [3.05, 3.63) is 53.6 Å². The molecule has 2 aromatic rings. The first-order chi connectivity index (χ1) is 8.47. The number of carbonyl (C=O) groups is 1. The maximum atomic E-state index is 13.6. The van der Waals surface area contributed by atoms with Crippen LogP contribution < -0.4 is 0 Å². The highest BCUT2D eigenvalue weighted by molar-refractivity contribution is 5.89. The van der Waals surface area contributed by atoms with Crippen molar-refractivity contribution in [2.24, 2.45) is 0 Å². The highest BCUT2D eigenvalue weighted by atomic mass is 19.1. The lowest BCUT2D eigenvalue weighted by Gasteiger charge is -2.06. The zero-order valence-corrected chi connectivity index (χ0v) is 9.02. The van der Waals surface area contributed by atoms with Crippen molar-refractivity contribution in [3.63, 3.8) is 0 Å². The minimum atomic E-state index is -1.30. The van der Waals surface area contributed by atoms with E-state index in [1.807, 2.05) is 0 Å². The fraction of sp³-hybridized carbons (Fsp3) is 0. The average Bonchev–Trinajstić information content (AvgIpc) is 2.27. The number of rotatable bonds is 2. The summed E-state index contributed by atoms with van der Waals surface area (Å²) in [7, 11) is 0. The number of hydrogen-bond acceptors (Lipinski definition) is 2. The molecular weight excluding hydrogens is 242 g/mol. The molecule has 2 N–H and O–H groups in total. The van der Waals surface area contributed by atoms with Crippen LogP contribution in [0.4, 0.5) is 8.78 Å². The van der Waals surface area contributed by atoms with Crippen LogP contribution in [0, 0.1) is 11.6 Å². The summed E-state index contributed by atoms with van der Waals surface area (Å²) in [5, 5.41) is 17.9. The van der Waals surface area contributed by atoms with Gasteiger partial charge in [-0.3, -0.25) is 0 Å². The normalized spacial score (nSPS) is 10.3. The van der Waals surface area contributed by atoms with E-state index in [-0.39, 0.29) is 22.4 Å². The van der Waals surface area contributed by atoms with Gasteiger partial charge in [-0.1, -0.05) is 0 Å². The molecule has 18 heavy (non-hydrogen) atoms. The summed E-state index contributed by atoms with van der Waals surface area (Å²) in [6.07, 6.45) is 0. The highest BCUT2D eigenvalue weighted by Crippen LogP contribution is 2.27. The van der Waals surface area contributed by atoms with Gasteiger partial charge in [-0.25, -0.2) is 13.6 Å². The minimum absolute atomic E-state index is 0.0230. The molecule has 0 amide bonds. The first-order valence-electron chi connectivity index (χ1n) is 5.00. The molecule has 0 aromatic heterocycles. The summed E-state index contributed by atoms with van der Waals surface area (Å²) < 4.78 is 26.8. The number of hydrogen-bond donors (Lipinski definition) is 2. The number of aromatic hydroxyl groups is 1. The summed E-state index contributed by atoms with van der Waals surface area (Å²) >= 11 is 0. The van der Waals surface area contributed by atoms with Gasteiger partial charge in [0.05, 0.1) is 5.56 Å². The van der Waals surface area contributed by atoms with Crippen LogP contribution in [0.1, 0.15) is 10.4 Å². The molecule has 0 aliphatic heterocycles. The molecule has 0 saturated heterocycles. The third kappa shape index (κ3) is 2.29. The molecule has 2 rings (SSSR count). The van der Waals surface area contributed by atoms with E-state index >= 15 is 0 Å². The van der Waals surface area contributed by atoms with Gasteiger partial charge in [-0.2, -0.15) is 0 Å². The Kier molecular flexibility index (Phi) is 2.97. The first kappa shape index (κ1) is 12.0. The third-order valence-electron chi connectivity index (χ3n) is 2.41. The number of phenols is 1. The fourth-order valence-electron chi connectivity index (χ4n) is 1.61. The summed E-state index contributed by atoms with van der Waals surface area (Å²) in [4.78, 5) is 10.8. The van der Waals surface area contributed by atoms with Crippen LogP contribution in [0.2, 0.25) is 0 Å². The lowest BCUT2D eigenvalue weighted by Crippen LogP contribution is -1.98. The first-order valence-corrected chi connectivity index (χ1v) is 5.00. The van der Waals surface area contributed by atoms with E-state index in [4.69, 9.17) is 10.2 Å². The van der Waals surface area contributed by atoms with Gasteiger partial charge in [0.2, 0.25) is 0 Å². The second kappa shape index (κ2) is 4.44. The molecule has 0 bridgehead atoms. The van der Waals surface area contributed by atoms with Crippen molar-refractivity contribution in [3.8, 4) is 16.9 Å². The standard InChI is InChI=1S/C13H8F2O3/c14-9-4-7(3-8(5-9)13(17)18)11-2-1-10(16)6-12(11)15/h1-6,16H,(H,17,18). The molecule has 0 radical (unpaired) electrons. The van der Waals surface area contributed by atoms with Gasteiger partial charge in [-0.15, -0.1) is 0 Å². The van der Waals surface area contributed by atoms with Crippen LogP contribution in [0.3, 0.4) is 0 Å². The Morgan fingerprint density at radius 2 is 1.78 bits per heavy atom. The molecule has 3 nitrogen and oxygen atoms in total. The van der Waals surface area contributed by atoms with Crippen LogP contribution >= 0.6 is 0 Å². The van der Waals surface area contributed by atoms with Crippen LogP contribution in [0.5, 0.6) is 5.75 Å². The highest BCUT2D eigenvalue weighted by Gasteiger charge is 2.11. The van der Waals surface area contributed by atoms with E-state index in [2.05, 4.69) is 0 Å². The fourth-order valence-corrected chi connectivity index (χ4v) is 1.61. The Hall–Kier alpha value is -2.43. The number of halogens is 2. The lowest BCUT2D eigenvalue weighted by molar-refractivity contribution is 0.0696. The predicted molar refractivity (Wildman–Crippen MR) is 60.4 cm³/mol. The maximum absolute atomic E-state index is 13.6. The molecule has 0 aliphatic rings. The molecule has 0 saturated carbocycles. The van der Waals surface area contributed by atoms with Crippen LogP contribution in [-0.4, -0.2) is 16.2 Å².